The van der Waals surface area contributed by atoms with Crippen molar-refractivity contribution in [2.45, 2.75) is 27.3 Å². The Morgan fingerprint density at radius 3 is 2.52 bits per heavy atom. The second-order valence-corrected chi connectivity index (χ2v) is 6.48. The van der Waals surface area contributed by atoms with E-state index < -0.39 is 0 Å². The number of nitrogens with zero attached hydrogens (tertiary/aromatic N) is 3. The van der Waals surface area contributed by atoms with E-state index in [0.29, 0.717) is 5.92 Å². The number of pyridine rings is 1. The van der Waals surface area contributed by atoms with Gasteiger partial charge in [-0.15, -0.1) is 0 Å². The summed E-state index contributed by atoms with van der Waals surface area (Å²) in [5.74, 6) is 1.47. The lowest BCUT2D eigenvalue weighted by molar-refractivity contribution is 0.408. The summed E-state index contributed by atoms with van der Waals surface area (Å²) < 4.78 is 0. The van der Waals surface area contributed by atoms with Gasteiger partial charge in [0.1, 0.15) is 5.82 Å². The van der Waals surface area contributed by atoms with E-state index >= 15 is 0 Å². The Hall–Kier alpha value is -0.840. The molecule has 0 aliphatic heterocycles. The summed E-state index contributed by atoms with van der Waals surface area (Å²) in [6, 6.07) is 2.02. The van der Waals surface area contributed by atoms with Crippen molar-refractivity contribution in [3.05, 3.63) is 22.8 Å². The lowest BCUT2D eigenvalue weighted by Gasteiger charge is -2.28. The number of likely N-dealkylation sites (N-methyl/N-ethyl adjacent to an activating group) is 1. The van der Waals surface area contributed by atoms with Crippen molar-refractivity contribution < 1.29 is 0 Å². The van der Waals surface area contributed by atoms with Gasteiger partial charge in [0, 0.05) is 32.4 Å². The SMILES string of the molecule is CCNCc1cnc(N(CCN(C)C)CC(C)C)c(Cl)c1. The fraction of sp³-hybridized carbons (Fsp3) is 0.688. The zero-order valence-corrected chi connectivity index (χ0v) is 14.7. The standard InChI is InChI=1S/C16H29ClN4/c1-6-18-10-14-9-15(17)16(19-11-14)21(12-13(2)3)8-7-20(4)5/h9,11,13,18H,6-8,10,12H2,1-5H3. The smallest absolute Gasteiger partial charge is 0.147 e. The summed E-state index contributed by atoms with van der Waals surface area (Å²) in [5, 5.41) is 4.03. The fourth-order valence-corrected chi connectivity index (χ4v) is 2.42. The first-order chi connectivity index (χ1) is 9.93. The molecule has 120 valence electrons. The van der Waals surface area contributed by atoms with E-state index in [1.807, 2.05) is 12.3 Å². The van der Waals surface area contributed by atoms with Gasteiger partial charge in [-0.05, 0) is 38.2 Å². The van der Waals surface area contributed by atoms with Gasteiger partial charge < -0.3 is 15.1 Å². The summed E-state index contributed by atoms with van der Waals surface area (Å²) in [7, 11) is 4.17. The Morgan fingerprint density at radius 2 is 2.00 bits per heavy atom. The van der Waals surface area contributed by atoms with E-state index in [1.165, 1.54) is 0 Å². The number of nitrogens with one attached hydrogen (secondary N) is 1. The first kappa shape index (κ1) is 18.2. The minimum absolute atomic E-state index is 0.575. The lowest BCUT2D eigenvalue weighted by Crippen LogP contribution is -2.35. The van der Waals surface area contributed by atoms with E-state index in [9.17, 15) is 0 Å². The van der Waals surface area contributed by atoms with Gasteiger partial charge in [-0.25, -0.2) is 4.98 Å². The van der Waals surface area contributed by atoms with Crippen LogP contribution in [0.1, 0.15) is 26.3 Å². The Balaban J connectivity index is 2.85. The van der Waals surface area contributed by atoms with Gasteiger partial charge >= 0.3 is 0 Å². The van der Waals surface area contributed by atoms with E-state index in [0.717, 1.165) is 49.1 Å². The van der Waals surface area contributed by atoms with Crippen LogP contribution < -0.4 is 10.2 Å². The van der Waals surface area contributed by atoms with Crippen molar-refractivity contribution in [2.75, 3.05) is 45.2 Å². The second-order valence-electron chi connectivity index (χ2n) is 6.07. The summed E-state index contributed by atoms with van der Waals surface area (Å²) in [6.45, 7) is 11.2. The summed E-state index contributed by atoms with van der Waals surface area (Å²) in [4.78, 5) is 9.06. The average Bonchev–Trinajstić information content (AvgIpc) is 2.41. The van der Waals surface area contributed by atoms with Gasteiger partial charge in [-0.2, -0.15) is 0 Å². The quantitative estimate of drug-likeness (QED) is 0.760. The van der Waals surface area contributed by atoms with Crippen LogP contribution in [0.25, 0.3) is 0 Å². The molecule has 0 aliphatic carbocycles. The minimum atomic E-state index is 0.575. The van der Waals surface area contributed by atoms with Gasteiger partial charge in [0.25, 0.3) is 0 Å². The van der Waals surface area contributed by atoms with E-state index in [1.54, 1.807) is 0 Å². The van der Waals surface area contributed by atoms with Gasteiger partial charge in [-0.1, -0.05) is 32.4 Å². The molecule has 0 saturated heterocycles. The van der Waals surface area contributed by atoms with Crippen molar-refractivity contribution in [1.29, 1.82) is 0 Å². The fourth-order valence-electron chi connectivity index (χ4n) is 2.11. The van der Waals surface area contributed by atoms with Crippen molar-refractivity contribution in [3.63, 3.8) is 0 Å². The van der Waals surface area contributed by atoms with Crippen LogP contribution in [0, 0.1) is 5.92 Å². The number of hydrogen-bond donors (Lipinski definition) is 1. The maximum Gasteiger partial charge on any atom is 0.147 e. The maximum atomic E-state index is 6.46. The van der Waals surface area contributed by atoms with E-state index in [4.69, 9.17) is 11.6 Å². The monoisotopic (exact) mass is 312 g/mol. The van der Waals surface area contributed by atoms with E-state index in [2.05, 4.69) is 55.0 Å². The Labute approximate surface area is 134 Å². The molecule has 0 aromatic carbocycles. The third-order valence-corrected chi connectivity index (χ3v) is 3.44. The van der Waals surface area contributed by atoms with Gasteiger partial charge in [0.05, 0.1) is 5.02 Å². The number of aromatic nitrogens is 1. The molecule has 1 N–H and O–H groups in total. The third kappa shape index (κ3) is 6.64. The zero-order chi connectivity index (χ0) is 15.8. The minimum Gasteiger partial charge on any atom is -0.354 e. The van der Waals surface area contributed by atoms with Gasteiger partial charge in [0.15, 0.2) is 0 Å². The molecule has 0 unspecified atom stereocenters. The molecule has 1 rings (SSSR count). The van der Waals surface area contributed by atoms with Crippen LogP contribution in [0.3, 0.4) is 0 Å². The highest BCUT2D eigenvalue weighted by molar-refractivity contribution is 6.33. The van der Waals surface area contributed by atoms with Crippen molar-refractivity contribution in [1.82, 2.24) is 15.2 Å². The second kappa shape index (κ2) is 9.23. The van der Waals surface area contributed by atoms with Crippen molar-refractivity contribution >= 4 is 17.4 Å². The summed E-state index contributed by atoms with van der Waals surface area (Å²) >= 11 is 6.46. The van der Waals surface area contributed by atoms with Crippen LogP contribution >= 0.6 is 11.6 Å². The summed E-state index contributed by atoms with van der Waals surface area (Å²) in [5.41, 5.74) is 1.13. The number of anilines is 1. The predicted octanol–water partition coefficient (Wildman–Crippen LogP) is 2.87. The molecule has 0 amide bonds. The molecule has 1 heterocycles. The largest absolute Gasteiger partial charge is 0.354 e. The van der Waals surface area contributed by atoms with Crippen LogP contribution in [0.2, 0.25) is 5.02 Å². The molecule has 4 nitrogen and oxygen atoms in total. The Morgan fingerprint density at radius 1 is 1.29 bits per heavy atom. The molecule has 1 aromatic rings. The number of halogens is 1. The molecule has 21 heavy (non-hydrogen) atoms. The molecule has 1 aromatic heterocycles. The third-order valence-electron chi connectivity index (χ3n) is 3.16. The first-order valence-corrected chi connectivity index (χ1v) is 8.06. The lowest BCUT2D eigenvalue weighted by atomic mass is 10.2. The molecule has 0 saturated carbocycles. The highest BCUT2D eigenvalue weighted by atomic mass is 35.5. The maximum absolute atomic E-state index is 6.46. The number of rotatable bonds is 9. The molecule has 0 atom stereocenters. The molecule has 0 spiro atoms. The molecular weight excluding hydrogens is 284 g/mol. The normalized spacial score (nSPS) is 11.4. The zero-order valence-electron chi connectivity index (χ0n) is 14.0. The number of hydrogen-bond acceptors (Lipinski definition) is 4. The van der Waals surface area contributed by atoms with Crippen LogP contribution in [0.5, 0.6) is 0 Å². The van der Waals surface area contributed by atoms with Crippen LogP contribution in [0.15, 0.2) is 12.3 Å². The van der Waals surface area contributed by atoms with Gasteiger partial charge in [0.2, 0.25) is 0 Å². The molecule has 0 radical (unpaired) electrons. The molecule has 0 aliphatic rings. The predicted molar refractivity (Wildman–Crippen MR) is 92.2 cm³/mol. The Bertz CT molecular complexity index is 421. The van der Waals surface area contributed by atoms with E-state index in [-0.39, 0.29) is 0 Å². The summed E-state index contributed by atoms with van der Waals surface area (Å²) in [6.07, 6.45) is 1.92. The molecule has 5 heteroatoms. The van der Waals surface area contributed by atoms with Crippen LogP contribution in [-0.2, 0) is 6.54 Å². The van der Waals surface area contributed by atoms with Crippen LogP contribution in [0.4, 0.5) is 5.82 Å². The van der Waals surface area contributed by atoms with Crippen LogP contribution in [-0.4, -0.2) is 50.2 Å². The Kier molecular flexibility index (Phi) is 8.01. The first-order valence-electron chi connectivity index (χ1n) is 7.68. The molecule has 0 bridgehead atoms. The van der Waals surface area contributed by atoms with Crippen molar-refractivity contribution in [3.8, 4) is 0 Å². The molecule has 0 fully saturated rings. The van der Waals surface area contributed by atoms with Crippen molar-refractivity contribution in [2.24, 2.45) is 5.92 Å². The highest BCUT2D eigenvalue weighted by Crippen LogP contribution is 2.24. The highest BCUT2D eigenvalue weighted by Gasteiger charge is 2.14. The topological polar surface area (TPSA) is 31.4 Å². The average molecular weight is 313 g/mol. The van der Waals surface area contributed by atoms with Gasteiger partial charge in [-0.3, -0.25) is 0 Å². The molecular formula is C16H29ClN4.